The monoisotopic (exact) mass is 458 g/mol. The Morgan fingerprint density at radius 3 is 2.50 bits per heavy atom. The maximum Gasteiger partial charge on any atom is 0.338 e. The number of carboxylic acids is 1. The molecule has 0 radical (unpaired) electrons. The second-order valence-corrected chi connectivity index (χ2v) is 8.09. The van der Waals surface area contributed by atoms with Gasteiger partial charge in [-0.2, -0.15) is 0 Å². The molecular weight excluding hydrogens is 435 g/mol. The van der Waals surface area contributed by atoms with Gasteiger partial charge in [-0.05, 0) is 56.7 Å². The largest absolute Gasteiger partial charge is 0.478 e. The van der Waals surface area contributed by atoms with Crippen molar-refractivity contribution in [3.63, 3.8) is 0 Å². The summed E-state index contributed by atoms with van der Waals surface area (Å²) < 4.78 is 16.0. The van der Waals surface area contributed by atoms with E-state index in [0.717, 1.165) is 11.8 Å². The number of fused-ring (bicyclic) bond motifs is 1. The molecule has 1 aromatic carbocycles. The molecule has 3 heterocycles. The van der Waals surface area contributed by atoms with Crippen LogP contribution in [0.5, 0.6) is 0 Å². The second-order valence-electron chi connectivity index (χ2n) is 8.09. The number of carbonyl (C=O) groups excluding carboxylic acids is 1. The fourth-order valence-corrected chi connectivity index (χ4v) is 4.13. The summed E-state index contributed by atoms with van der Waals surface area (Å²) in [4.78, 5) is 32.8. The van der Waals surface area contributed by atoms with Crippen LogP contribution in [0.1, 0.15) is 48.4 Å². The third-order valence-corrected chi connectivity index (χ3v) is 5.74. The Balaban J connectivity index is 2.00. The van der Waals surface area contributed by atoms with Gasteiger partial charge in [0.25, 0.3) is 0 Å². The van der Waals surface area contributed by atoms with E-state index in [9.17, 15) is 19.1 Å². The van der Waals surface area contributed by atoms with Gasteiger partial charge in [-0.15, -0.1) is 0 Å². The Bertz CT molecular complexity index is 1450. The van der Waals surface area contributed by atoms with Gasteiger partial charge in [0.1, 0.15) is 5.82 Å². The number of nitrogens with zero attached hydrogens (tertiary/aromatic N) is 3. The van der Waals surface area contributed by atoms with Crippen molar-refractivity contribution in [2.24, 2.45) is 5.73 Å². The van der Waals surface area contributed by atoms with E-state index in [-0.39, 0.29) is 11.8 Å². The van der Waals surface area contributed by atoms with Gasteiger partial charge in [0.05, 0.1) is 28.3 Å². The lowest BCUT2D eigenvalue weighted by molar-refractivity contribution is -0.111. The zero-order chi connectivity index (χ0) is 24.6. The fourth-order valence-electron chi connectivity index (χ4n) is 4.13. The lowest BCUT2D eigenvalue weighted by atomic mass is 10.0. The zero-order valence-electron chi connectivity index (χ0n) is 18.9. The summed E-state index contributed by atoms with van der Waals surface area (Å²) in [5.41, 5.74) is 10.1. The number of rotatable bonds is 6. The molecule has 0 bridgehead atoms. The minimum atomic E-state index is -1.35. The van der Waals surface area contributed by atoms with Crippen molar-refractivity contribution in [1.29, 1.82) is 0 Å². The van der Waals surface area contributed by atoms with E-state index < -0.39 is 17.3 Å². The number of aromatic nitrogens is 3. The first kappa shape index (κ1) is 22.8. The molecule has 0 aliphatic carbocycles. The molecule has 0 saturated heterocycles. The van der Waals surface area contributed by atoms with Crippen LogP contribution in [0.4, 0.5) is 4.39 Å². The van der Waals surface area contributed by atoms with Gasteiger partial charge in [-0.3, -0.25) is 14.8 Å². The highest BCUT2D eigenvalue weighted by Crippen LogP contribution is 2.35. The van der Waals surface area contributed by atoms with Gasteiger partial charge in [-0.25, -0.2) is 9.18 Å². The number of benzene rings is 1. The summed E-state index contributed by atoms with van der Waals surface area (Å²) in [6, 6.07) is 11.2. The number of allylic oxidation sites excluding steroid dienone is 2. The topological polar surface area (TPSA) is 111 Å². The molecular formula is C26H23FN4O3. The number of ketones is 1. The summed E-state index contributed by atoms with van der Waals surface area (Å²) in [6.07, 6.45) is 5.11. The number of nitrogens with two attached hydrogens (primary N) is 1. The number of hydrogen-bond acceptors (Lipinski definition) is 5. The molecule has 34 heavy (non-hydrogen) atoms. The summed E-state index contributed by atoms with van der Waals surface area (Å²) >= 11 is 0. The van der Waals surface area contributed by atoms with E-state index in [1.54, 1.807) is 19.3 Å². The Kier molecular flexibility index (Phi) is 5.98. The third kappa shape index (κ3) is 4.05. The predicted octanol–water partition coefficient (Wildman–Crippen LogP) is 4.82. The van der Waals surface area contributed by atoms with Crippen LogP contribution in [-0.2, 0) is 4.79 Å². The Labute approximate surface area is 195 Å². The van der Waals surface area contributed by atoms with Gasteiger partial charge in [0.2, 0.25) is 0 Å². The highest BCUT2D eigenvalue weighted by Gasteiger charge is 2.21. The number of carboxylic acid groups (broad SMARTS) is 1. The molecule has 0 aliphatic rings. The van der Waals surface area contributed by atoms with Crippen LogP contribution in [0.15, 0.2) is 66.8 Å². The summed E-state index contributed by atoms with van der Waals surface area (Å²) in [5, 5.41) is 9.38. The molecule has 0 amide bonds. The van der Waals surface area contributed by atoms with Crippen LogP contribution in [0.25, 0.3) is 27.7 Å². The summed E-state index contributed by atoms with van der Waals surface area (Å²) in [7, 11) is 0. The smallest absolute Gasteiger partial charge is 0.338 e. The average molecular weight is 458 g/mol. The van der Waals surface area contributed by atoms with E-state index in [2.05, 4.69) is 9.97 Å². The Morgan fingerprint density at radius 2 is 1.88 bits per heavy atom. The number of pyridine rings is 2. The molecule has 4 rings (SSSR count). The predicted molar refractivity (Wildman–Crippen MR) is 128 cm³/mol. The zero-order valence-corrected chi connectivity index (χ0v) is 18.9. The van der Waals surface area contributed by atoms with Crippen molar-refractivity contribution in [2.75, 3.05) is 0 Å². The van der Waals surface area contributed by atoms with Crippen LogP contribution in [-0.4, -0.2) is 31.4 Å². The Hall–Kier alpha value is -4.33. The van der Waals surface area contributed by atoms with Gasteiger partial charge in [0, 0.05) is 41.0 Å². The maximum absolute atomic E-state index is 14.0. The lowest BCUT2D eigenvalue weighted by Gasteiger charge is -2.15. The maximum atomic E-state index is 14.0. The summed E-state index contributed by atoms with van der Waals surface area (Å²) in [6.45, 7) is 5.08. The third-order valence-electron chi connectivity index (χ3n) is 5.74. The van der Waals surface area contributed by atoms with Crippen molar-refractivity contribution in [3.05, 3.63) is 89.4 Å². The molecule has 3 N–H and O–H groups in total. The molecule has 0 saturated carbocycles. The average Bonchev–Trinajstić information content (AvgIpc) is 3.17. The van der Waals surface area contributed by atoms with Crippen LogP contribution in [0.2, 0.25) is 0 Å². The first-order valence-electron chi connectivity index (χ1n) is 10.6. The van der Waals surface area contributed by atoms with Crippen molar-refractivity contribution in [1.82, 2.24) is 14.5 Å². The second kappa shape index (κ2) is 8.90. The minimum Gasteiger partial charge on any atom is -0.478 e. The standard InChI is InChI=1S/C26H23FN4O3/c1-14(28)24(16(3)32)18-11-23-25(30-12-18)20(17-7-8-21(27)19(10-17)26(33)34)13-31(23)15(2)22-6-4-5-9-29-22/h4-13,15H,28H2,1-3H3,(H,33,34)/t15-/m0/s1. The highest BCUT2D eigenvalue weighted by molar-refractivity contribution is 6.20. The molecule has 4 aromatic rings. The molecule has 3 aromatic heterocycles. The van der Waals surface area contributed by atoms with Crippen molar-refractivity contribution < 1.29 is 19.1 Å². The van der Waals surface area contributed by atoms with Crippen LogP contribution in [0, 0.1) is 5.82 Å². The van der Waals surface area contributed by atoms with Crippen LogP contribution in [0.3, 0.4) is 0 Å². The number of aromatic carboxylic acids is 1. The molecule has 1 atom stereocenters. The quantitative estimate of drug-likeness (QED) is 0.401. The molecule has 0 spiro atoms. The van der Waals surface area contributed by atoms with Crippen molar-refractivity contribution in [3.8, 4) is 11.1 Å². The minimum absolute atomic E-state index is 0.179. The molecule has 0 aliphatic heterocycles. The summed E-state index contributed by atoms with van der Waals surface area (Å²) in [5.74, 6) is -2.34. The SMILES string of the molecule is CC(=O)C(=C(C)N)c1cnc2c(-c3ccc(F)c(C(=O)O)c3)cn([C@@H](C)c3ccccn3)c2c1. The normalized spacial score (nSPS) is 12.9. The van der Waals surface area contributed by atoms with Gasteiger partial charge >= 0.3 is 5.97 Å². The van der Waals surface area contributed by atoms with Crippen molar-refractivity contribution >= 4 is 28.4 Å². The van der Waals surface area contributed by atoms with E-state index >= 15 is 0 Å². The fraction of sp³-hybridized carbons (Fsp3) is 0.154. The first-order chi connectivity index (χ1) is 16.2. The highest BCUT2D eigenvalue weighted by atomic mass is 19.1. The Morgan fingerprint density at radius 1 is 1.12 bits per heavy atom. The molecule has 0 fully saturated rings. The van der Waals surface area contributed by atoms with E-state index in [0.29, 0.717) is 39.0 Å². The van der Waals surface area contributed by atoms with Crippen LogP contribution < -0.4 is 5.73 Å². The number of halogens is 1. The van der Waals surface area contributed by atoms with Gasteiger partial charge < -0.3 is 15.4 Å². The van der Waals surface area contributed by atoms with E-state index in [1.165, 1.54) is 19.1 Å². The van der Waals surface area contributed by atoms with Gasteiger partial charge in [-0.1, -0.05) is 12.1 Å². The van der Waals surface area contributed by atoms with Gasteiger partial charge in [0.15, 0.2) is 5.78 Å². The number of hydrogen-bond donors (Lipinski definition) is 2. The number of carbonyl (C=O) groups is 2. The lowest BCUT2D eigenvalue weighted by Crippen LogP contribution is -2.08. The van der Waals surface area contributed by atoms with Crippen LogP contribution >= 0.6 is 0 Å². The van der Waals surface area contributed by atoms with E-state index in [4.69, 9.17) is 5.73 Å². The molecule has 8 heteroatoms. The molecule has 0 unspecified atom stereocenters. The number of Topliss-reactive ketones (excluding diaryl/α,β-unsaturated/α-hetero) is 1. The first-order valence-corrected chi connectivity index (χ1v) is 10.6. The molecule has 7 nitrogen and oxygen atoms in total. The molecule has 172 valence electrons. The van der Waals surface area contributed by atoms with Crippen molar-refractivity contribution in [2.45, 2.75) is 26.8 Å². The van der Waals surface area contributed by atoms with E-state index in [1.807, 2.05) is 42.0 Å².